The lowest BCUT2D eigenvalue weighted by atomic mass is 10.1. The highest BCUT2D eigenvalue weighted by atomic mass is 14.8. The summed E-state index contributed by atoms with van der Waals surface area (Å²) in [5.41, 5.74) is 3.38. The minimum Gasteiger partial charge on any atom is -0.388 e. The van der Waals surface area contributed by atoms with Crippen molar-refractivity contribution in [1.29, 1.82) is 0 Å². The topological polar surface area (TPSA) is 24.1 Å². The molecule has 1 rings (SSSR count). The summed E-state index contributed by atoms with van der Waals surface area (Å²) in [6.45, 7) is 4.80. The minimum atomic E-state index is 0.909. The maximum atomic E-state index is 3.89. The van der Waals surface area contributed by atoms with E-state index in [2.05, 4.69) is 41.5 Å². The first-order chi connectivity index (χ1) is 6.27. The first kappa shape index (κ1) is 9.81. The van der Waals surface area contributed by atoms with Gasteiger partial charge in [-0.1, -0.05) is 30.8 Å². The van der Waals surface area contributed by atoms with Crippen LogP contribution in [-0.4, -0.2) is 14.1 Å². The van der Waals surface area contributed by atoms with Gasteiger partial charge in [-0.3, -0.25) is 0 Å². The minimum absolute atomic E-state index is 0.909. The second-order valence-electron chi connectivity index (χ2n) is 2.96. The van der Waals surface area contributed by atoms with E-state index in [9.17, 15) is 0 Å². The lowest BCUT2D eigenvalue weighted by Crippen LogP contribution is -2.06. The van der Waals surface area contributed by atoms with E-state index in [0.29, 0.717) is 0 Å². The molecule has 0 unspecified atom stereocenters. The van der Waals surface area contributed by atoms with Gasteiger partial charge in [-0.05, 0) is 18.2 Å². The molecule has 0 heterocycles. The summed E-state index contributed by atoms with van der Waals surface area (Å²) < 4.78 is 0. The van der Waals surface area contributed by atoms with Crippen LogP contribution in [0.25, 0.3) is 5.70 Å². The van der Waals surface area contributed by atoms with E-state index in [0.717, 1.165) is 17.8 Å². The molecule has 0 aliphatic rings. The van der Waals surface area contributed by atoms with Crippen molar-refractivity contribution in [3.63, 3.8) is 0 Å². The Morgan fingerprint density at radius 2 is 1.85 bits per heavy atom. The fraction of sp³-hybridized carbons (Fsp3) is 0.273. The van der Waals surface area contributed by atoms with Crippen molar-refractivity contribution in [1.82, 2.24) is 10.6 Å². The smallest absolute Gasteiger partial charge is 0.0338 e. The highest BCUT2D eigenvalue weighted by molar-refractivity contribution is 5.61. The van der Waals surface area contributed by atoms with Gasteiger partial charge in [0.05, 0.1) is 0 Å². The highest BCUT2D eigenvalue weighted by Gasteiger charge is 1.95. The van der Waals surface area contributed by atoms with Crippen LogP contribution in [0.4, 0.5) is 0 Å². The zero-order valence-corrected chi connectivity index (χ0v) is 8.22. The van der Waals surface area contributed by atoms with E-state index in [1.54, 1.807) is 0 Å². The third-order valence-electron chi connectivity index (χ3n) is 1.99. The first-order valence-electron chi connectivity index (χ1n) is 4.38. The van der Waals surface area contributed by atoms with Gasteiger partial charge in [-0.2, -0.15) is 0 Å². The van der Waals surface area contributed by atoms with Gasteiger partial charge in [-0.15, -0.1) is 0 Å². The van der Waals surface area contributed by atoms with Gasteiger partial charge in [0.2, 0.25) is 0 Å². The molecule has 0 bridgehead atoms. The lowest BCUT2D eigenvalue weighted by molar-refractivity contribution is 0.818. The van der Waals surface area contributed by atoms with E-state index in [1.807, 2.05) is 14.1 Å². The third-order valence-corrected chi connectivity index (χ3v) is 1.99. The standard InChI is InChI=1S/C11H16N2/c1-9(13-3)11-6-4-10(5-7-11)8-12-2/h4-7,12-13H,1,8H2,2-3H3. The molecule has 1 aromatic rings. The second-order valence-corrected chi connectivity index (χ2v) is 2.96. The van der Waals surface area contributed by atoms with Gasteiger partial charge < -0.3 is 10.6 Å². The molecule has 0 spiro atoms. The van der Waals surface area contributed by atoms with Crippen LogP contribution < -0.4 is 10.6 Å². The highest BCUT2D eigenvalue weighted by Crippen LogP contribution is 2.10. The van der Waals surface area contributed by atoms with Crippen molar-refractivity contribution in [2.45, 2.75) is 6.54 Å². The number of hydrogen-bond acceptors (Lipinski definition) is 2. The summed E-state index contributed by atoms with van der Waals surface area (Å²) in [5.74, 6) is 0. The predicted molar refractivity (Wildman–Crippen MR) is 57.3 cm³/mol. The zero-order valence-electron chi connectivity index (χ0n) is 8.22. The molecule has 0 radical (unpaired) electrons. The molecule has 13 heavy (non-hydrogen) atoms. The Morgan fingerprint density at radius 3 is 2.31 bits per heavy atom. The number of rotatable bonds is 4. The molecule has 2 nitrogen and oxygen atoms in total. The van der Waals surface area contributed by atoms with Gasteiger partial charge >= 0.3 is 0 Å². The Labute approximate surface area is 79.7 Å². The summed E-state index contributed by atoms with van der Waals surface area (Å²) in [7, 11) is 3.82. The van der Waals surface area contributed by atoms with Gasteiger partial charge in [0, 0.05) is 19.3 Å². The summed E-state index contributed by atoms with van der Waals surface area (Å²) in [6, 6.07) is 8.36. The van der Waals surface area contributed by atoms with E-state index in [4.69, 9.17) is 0 Å². The Balaban J connectivity index is 2.75. The molecule has 0 amide bonds. The van der Waals surface area contributed by atoms with E-state index >= 15 is 0 Å². The summed E-state index contributed by atoms with van der Waals surface area (Å²) in [6.07, 6.45) is 0. The van der Waals surface area contributed by atoms with E-state index in [1.165, 1.54) is 5.56 Å². The molecule has 0 saturated carbocycles. The van der Waals surface area contributed by atoms with Crippen molar-refractivity contribution in [2.24, 2.45) is 0 Å². The molecular weight excluding hydrogens is 160 g/mol. The van der Waals surface area contributed by atoms with Crippen molar-refractivity contribution in [2.75, 3.05) is 14.1 Å². The molecule has 0 aliphatic carbocycles. The monoisotopic (exact) mass is 176 g/mol. The Bertz CT molecular complexity index is 275. The van der Waals surface area contributed by atoms with Gasteiger partial charge in [-0.25, -0.2) is 0 Å². The summed E-state index contributed by atoms with van der Waals surface area (Å²) in [4.78, 5) is 0. The molecule has 0 aromatic heterocycles. The molecule has 0 aliphatic heterocycles. The van der Waals surface area contributed by atoms with Crippen molar-refractivity contribution in [3.8, 4) is 0 Å². The number of benzene rings is 1. The van der Waals surface area contributed by atoms with Crippen molar-refractivity contribution < 1.29 is 0 Å². The Hall–Kier alpha value is -1.28. The zero-order chi connectivity index (χ0) is 9.68. The van der Waals surface area contributed by atoms with Crippen LogP contribution in [0.5, 0.6) is 0 Å². The fourth-order valence-electron chi connectivity index (χ4n) is 1.17. The van der Waals surface area contributed by atoms with Crippen LogP contribution in [-0.2, 0) is 6.54 Å². The van der Waals surface area contributed by atoms with Crippen LogP contribution in [0.15, 0.2) is 30.8 Å². The normalized spacial score (nSPS) is 9.69. The van der Waals surface area contributed by atoms with Gasteiger partial charge in [0.15, 0.2) is 0 Å². The molecule has 2 heteroatoms. The molecule has 0 fully saturated rings. The molecule has 70 valence electrons. The second kappa shape index (κ2) is 4.67. The SMILES string of the molecule is C=C(NC)c1ccc(CNC)cc1. The van der Waals surface area contributed by atoms with Crippen LogP contribution in [0, 0.1) is 0 Å². The largest absolute Gasteiger partial charge is 0.388 e. The number of hydrogen-bond donors (Lipinski definition) is 2. The van der Waals surface area contributed by atoms with Crippen LogP contribution in [0.2, 0.25) is 0 Å². The fourth-order valence-corrected chi connectivity index (χ4v) is 1.17. The van der Waals surface area contributed by atoms with Crippen molar-refractivity contribution in [3.05, 3.63) is 42.0 Å². The van der Waals surface area contributed by atoms with E-state index < -0.39 is 0 Å². The van der Waals surface area contributed by atoms with Gasteiger partial charge in [0.1, 0.15) is 0 Å². The molecule has 0 saturated heterocycles. The van der Waals surface area contributed by atoms with Gasteiger partial charge in [0.25, 0.3) is 0 Å². The Morgan fingerprint density at radius 1 is 1.23 bits per heavy atom. The van der Waals surface area contributed by atoms with Crippen molar-refractivity contribution >= 4 is 5.70 Å². The number of nitrogens with one attached hydrogen (secondary N) is 2. The molecular formula is C11H16N2. The third kappa shape index (κ3) is 2.60. The first-order valence-corrected chi connectivity index (χ1v) is 4.38. The average molecular weight is 176 g/mol. The lowest BCUT2D eigenvalue weighted by Gasteiger charge is -2.05. The molecule has 0 atom stereocenters. The predicted octanol–water partition coefficient (Wildman–Crippen LogP) is 1.60. The quantitative estimate of drug-likeness (QED) is 0.728. The summed E-state index contributed by atoms with van der Waals surface area (Å²) in [5, 5.41) is 6.13. The van der Waals surface area contributed by atoms with E-state index in [-0.39, 0.29) is 0 Å². The van der Waals surface area contributed by atoms with Crippen LogP contribution >= 0.6 is 0 Å². The maximum Gasteiger partial charge on any atom is 0.0338 e. The average Bonchev–Trinajstić information content (AvgIpc) is 2.18. The molecule has 1 aromatic carbocycles. The molecule has 2 N–H and O–H groups in total. The summed E-state index contributed by atoms with van der Waals surface area (Å²) >= 11 is 0. The van der Waals surface area contributed by atoms with Crippen LogP contribution in [0.1, 0.15) is 11.1 Å². The van der Waals surface area contributed by atoms with Crippen LogP contribution in [0.3, 0.4) is 0 Å². The maximum absolute atomic E-state index is 3.89. The Kier molecular flexibility index (Phi) is 3.53.